The highest BCUT2D eigenvalue weighted by atomic mass is 32.2. The summed E-state index contributed by atoms with van der Waals surface area (Å²) >= 11 is 0. The maximum Gasteiger partial charge on any atom is 0.161 e. The summed E-state index contributed by atoms with van der Waals surface area (Å²) in [7, 11) is -3.20. The topological polar surface area (TPSA) is 54.4 Å². The Morgan fingerprint density at radius 2 is 1.79 bits per heavy atom. The van der Waals surface area contributed by atoms with Gasteiger partial charge in [-0.25, -0.2) is 8.42 Å². The fraction of sp³-hybridized carbons (Fsp3) is 0.724. The van der Waals surface area contributed by atoms with Crippen molar-refractivity contribution < 1.29 is 13.5 Å². The van der Waals surface area contributed by atoms with E-state index in [2.05, 4.69) is 38.7 Å². The molecule has 3 aliphatic carbocycles. The molecular formula is C29H46O3S. The van der Waals surface area contributed by atoms with Crippen LogP contribution in [0.3, 0.4) is 0 Å². The van der Waals surface area contributed by atoms with Gasteiger partial charge in [0.05, 0.1) is 16.1 Å². The van der Waals surface area contributed by atoms with Crippen LogP contribution >= 0.6 is 0 Å². The van der Waals surface area contributed by atoms with E-state index in [-0.39, 0.29) is 11.5 Å². The van der Waals surface area contributed by atoms with Gasteiger partial charge < -0.3 is 5.11 Å². The van der Waals surface area contributed by atoms with Crippen molar-refractivity contribution in [3.8, 4) is 0 Å². The van der Waals surface area contributed by atoms with Crippen molar-refractivity contribution in [1.29, 1.82) is 0 Å². The first kappa shape index (κ1) is 26.5. The van der Waals surface area contributed by atoms with Gasteiger partial charge in [-0.05, 0) is 108 Å². The van der Waals surface area contributed by atoms with Gasteiger partial charge in [-0.15, -0.1) is 0 Å². The molecule has 0 saturated heterocycles. The van der Waals surface area contributed by atoms with Crippen LogP contribution in [0.5, 0.6) is 0 Å². The zero-order chi connectivity index (χ0) is 24.6. The van der Waals surface area contributed by atoms with E-state index in [0.717, 1.165) is 25.7 Å². The second kappa shape index (κ2) is 9.85. The average molecular weight is 475 g/mol. The number of aliphatic hydroxyl groups excluding tert-OH is 1. The highest BCUT2D eigenvalue weighted by Crippen LogP contribution is 2.59. The van der Waals surface area contributed by atoms with E-state index in [1.165, 1.54) is 36.8 Å². The Morgan fingerprint density at radius 3 is 2.45 bits per heavy atom. The van der Waals surface area contributed by atoms with Crippen molar-refractivity contribution in [2.24, 2.45) is 23.2 Å². The van der Waals surface area contributed by atoms with Gasteiger partial charge in [0, 0.05) is 0 Å². The second-order valence-electron chi connectivity index (χ2n) is 12.1. The zero-order valence-electron chi connectivity index (χ0n) is 21.7. The molecule has 0 bridgehead atoms. The van der Waals surface area contributed by atoms with Gasteiger partial charge in [0.25, 0.3) is 0 Å². The van der Waals surface area contributed by atoms with Crippen molar-refractivity contribution in [3.63, 3.8) is 0 Å². The molecular weight excluding hydrogens is 428 g/mol. The van der Waals surface area contributed by atoms with Crippen LogP contribution in [0.2, 0.25) is 0 Å². The molecule has 186 valence electrons. The van der Waals surface area contributed by atoms with Crippen molar-refractivity contribution in [1.82, 2.24) is 0 Å². The van der Waals surface area contributed by atoms with Crippen LogP contribution in [0.1, 0.15) is 92.9 Å². The lowest BCUT2D eigenvalue weighted by molar-refractivity contribution is 0.112. The van der Waals surface area contributed by atoms with E-state index in [1.807, 2.05) is 13.0 Å². The summed E-state index contributed by atoms with van der Waals surface area (Å²) in [4.78, 5) is 0. The lowest BCUT2D eigenvalue weighted by atomic mass is 9.61. The highest BCUT2D eigenvalue weighted by molar-refractivity contribution is 7.93. The summed E-state index contributed by atoms with van der Waals surface area (Å²) < 4.78 is 24.8. The summed E-state index contributed by atoms with van der Waals surface area (Å²) in [6.45, 7) is 16.1. The van der Waals surface area contributed by atoms with Crippen LogP contribution in [0.25, 0.3) is 0 Å². The van der Waals surface area contributed by atoms with Crippen molar-refractivity contribution in [2.45, 2.75) is 109 Å². The molecule has 4 heteroatoms. The number of rotatable bonds is 5. The van der Waals surface area contributed by atoms with Crippen molar-refractivity contribution >= 4 is 9.84 Å². The molecule has 0 aliphatic heterocycles. The molecule has 0 aromatic rings. The highest BCUT2D eigenvalue weighted by Gasteiger charge is 2.50. The van der Waals surface area contributed by atoms with E-state index in [0.29, 0.717) is 17.8 Å². The Morgan fingerprint density at radius 1 is 1.09 bits per heavy atom. The Balaban J connectivity index is 1.76. The molecule has 33 heavy (non-hydrogen) atoms. The number of sulfone groups is 1. The molecule has 3 aliphatic rings. The molecule has 3 saturated carbocycles. The first-order valence-corrected chi connectivity index (χ1v) is 14.5. The van der Waals surface area contributed by atoms with Gasteiger partial charge in [-0.2, -0.15) is 0 Å². The van der Waals surface area contributed by atoms with Crippen molar-refractivity contribution in [3.05, 3.63) is 47.6 Å². The van der Waals surface area contributed by atoms with E-state index in [1.54, 1.807) is 26.3 Å². The van der Waals surface area contributed by atoms with E-state index >= 15 is 0 Å². The minimum Gasteiger partial charge on any atom is -0.393 e. The maximum atomic E-state index is 12.8. The first-order valence-electron chi connectivity index (χ1n) is 12.9. The van der Waals surface area contributed by atoms with Gasteiger partial charge >= 0.3 is 0 Å². The molecule has 3 rings (SSSR count). The number of aliphatic hydroxyl groups is 1. The number of allylic oxidation sites excluding steroid dienone is 5. The average Bonchev–Trinajstić information content (AvgIpc) is 3.09. The normalized spacial score (nSPS) is 35.8. The van der Waals surface area contributed by atoms with Gasteiger partial charge in [0.2, 0.25) is 0 Å². The van der Waals surface area contributed by atoms with Crippen LogP contribution in [0.15, 0.2) is 47.6 Å². The summed E-state index contributed by atoms with van der Waals surface area (Å²) in [6.07, 6.45) is 17.0. The molecule has 3 fully saturated rings. The quantitative estimate of drug-likeness (QED) is 0.439. The van der Waals surface area contributed by atoms with E-state index < -0.39 is 19.8 Å². The Hall–Kier alpha value is -1.13. The smallest absolute Gasteiger partial charge is 0.161 e. The van der Waals surface area contributed by atoms with E-state index in [4.69, 9.17) is 0 Å². The minimum absolute atomic E-state index is 0.232. The van der Waals surface area contributed by atoms with Crippen molar-refractivity contribution in [2.75, 3.05) is 0 Å². The van der Waals surface area contributed by atoms with Crippen LogP contribution in [0, 0.1) is 23.2 Å². The maximum absolute atomic E-state index is 12.8. The van der Waals surface area contributed by atoms with Gasteiger partial charge in [0.1, 0.15) is 0 Å². The van der Waals surface area contributed by atoms with Gasteiger partial charge in [-0.3, -0.25) is 0 Å². The largest absolute Gasteiger partial charge is 0.393 e. The SMILES string of the molecule is C=C1CCC(O)C/C1=C/C=C1\CCCC2(C)C1CCC2C(C)/C=C/C(C)S(=O)(=O)C(C)(C)C. The summed E-state index contributed by atoms with van der Waals surface area (Å²) in [6, 6.07) is 0. The predicted molar refractivity (Wildman–Crippen MR) is 140 cm³/mol. The number of fused-ring (bicyclic) bond motifs is 1. The van der Waals surface area contributed by atoms with Gasteiger partial charge in [-0.1, -0.05) is 55.9 Å². The summed E-state index contributed by atoms with van der Waals surface area (Å²) in [5, 5.41) is 9.60. The minimum atomic E-state index is -3.20. The zero-order valence-corrected chi connectivity index (χ0v) is 22.5. The monoisotopic (exact) mass is 474 g/mol. The molecule has 6 atom stereocenters. The molecule has 1 N–H and O–H groups in total. The third-order valence-corrected chi connectivity index (χ3v) is 11.7. The molecule has 6 unspecified atom stereocenters. The Labute approximate surface area is 203 Å². The Bertz CT molecular complexity index is 930. The fourth-order valence-corrected chi connectivity index (χ4v) is 8.08. The third-order valence-electron chi connectivity index (χ3n) is 8.89. The standard InChI is InChI=1S/C29H46O3S/c1-20-11-15-25(30)19-24(20)14-13-23-9-8-18-29(7)26(16-17-27(23)29)21(2)10-12-22(3)33(31,32)28(4,5)6/h10,12-14,21-22,25-27,30H,1,8-9,11,15-19H2,2-7H3/b12-10+,23-13+,24-14-. The predicted octanol–water partition coefficient (Wildman–Crippen LogP) is 6.95. The lowest BCUT2D eigenvalue weighted by Crippen LogP contribution is -2.36. The molecule has 0 aromatic heterocycles. The fourth-order valence-electron chi connectivity index (χ4n) is 6.67. The number of hydrogen-bond acceptors (Lipinski definition) is 3. The van der Waals surface area contributed by atoms with Crippen LogP contribution in [-0.4, -0.2) is 29.6 Å². The molecule has 0 heterocycles. The molecule has 0 radical (unpaired) electrons. The second-order valence-corrected chi connectivity index (χ2v) is 15.2. The number of hydrogen-bond donors (Lipinski definition) is 1. The molecule has 0 aromatic carbocycles. The van der Waals surface area contributed by atoms with Crippen LogP contribution in [0.4, 0.5) is 0 Å². The Kier molecular flexibility index (Phi) is 7.90. The summed E-state index contributed by atoms with van der Waals surface area (Å²) in [5.41, 5.74) is 4.22. The van der Waals surface area contributed by atoms with E-state index in [9.17, 15) is 13.5 Å². The molecule has 0 spiro atoms. The third kappa shape index (κ3) is 5.42. The van der Waals surface area contributed by atoms with Crippen LogP contribution in [-0.2, 0) is 9.84 Å². The van der Waals surface area contributed by atoms with Crippen LogP contribution < -0.4 is 0 Å². The first-order chi connectivity index (χ1) is 15.3. The van der Waals surface area contributed by atoms with Gasteiger partial charge in [0.15, 0.2) is 9.84 Å². The lowest BCUT2D eigenvalue weighted by Gasteiger charge is -2.44. The summed E-state index contributed by atoms with van der Waals surface area (Å²) in [5.74, 6) is 1.54. The molecule has 0 amide bonds. The molecule has 3 nitrogen and oxygen atoms in total.